The zero-order valence-electron chi connectivity index (χ0n) is 37.8. The Morgan fingerprint density at radius 3 is 1.10 bits per heavy atom. The van der Waals surface area contributed by atoms with E-state index in [-0.39, 0.29) is 12.8 Å². The highest BCUT2D eigenvalue weighted by Gasteiger charge is 2.51. The third-order valence-corrected chi connectivity index (χ3v) is 12.7. The lowest BCUT2D eigenvalue weighted by atomic mass is 9.85. The zero-order valence-corrected chi connectivity index (χ0v) is 38.7. The van der Waals surface area contributed by atoms with Crippen molar-refractivity contribution in [1.29, 1.82) is 0 Å². The molecule has 1 aliphatic carbocycles. The summed E-state index contributed by atoms with van der Waals surface area (Å²) in [7, 11) is -5.11. The Bertz CT molecular complexity index is 1060. The highest BCUT2D eigenvalue weighted by atomic mass is 31.2. The molecule has 6 N–H and O–H groups in total. The number of carbonyl (C=O) groups excluding carboxylic acids is 2. The van der Waals surface area contributed by atoms with Crippen LogP contribution >= 0.6 is 7.82 Å². The third kappa shape index (κ3) is 29.3. The van der Waals surface area contributed by atoms with E-state index in [4.69, 9.17) is 18.5 Å². The summed E-state index contributed by atoms with van der Waals surface area (Å²) >= 11 is 0. The molecule has 0 aliphatic heterocycles. The first-order valence-corrected chi connectivity index (χ1v) is 25.8. The lowest BCUT2D eigenvalue weighted by Gasteiger charge is -2.41. The summed E-state index contributed by atoms with van der Waals surface area (Å²) in [5.41, 5.74) is 0. The van der Waals surface area contributed by atoms with Gasteiger partial charge in [-0.2, -0.15) is 0 Å². The van der Waals surface area contributed by atoms with Crippen LogP contribution in [0.5, 0.6) is 0 Å². The molecule has 356 valence electrons. The lowest BCUT2D eigenvalue weighted by Crippen LogP contribution is -2.64. The van der Waals surface area contributed by atoms with Gasteiger partial charge in [-0.1, -0.05) is 200 Å². The second kappa shape index (κ2) is 37.2. The molecule has 0 aromatic heterocycles. The van der Waals surface area contributed by atoms with E-state index in [1.807, 2.05) is 0 Å². The van der Waals surface area contributed by atoms with Crippen LogP contribution in [0.2, 0.25) is 0 Å². The molecule has 0 bridgehead atoms. The van der Waals surface area contributed by atoms with Gasteiger partial charge in [-0.3, -0.25) is 18.6 Å². The quantitative estimate of drug-likeness (QED) is 0.0192. The molecule has 6 atom stereocenters. The number of esters is 2. The third-order valence-electron chi connectivity index (χ3n) is 11.7. The molecule has 14 heteroatoms. The summed E-state index contributed by atoms with van der Waals surface area (Å²) in [6.07, 6.45) is 24.4. The topological polar surface area (TPSA) is 210 Å². The molecule has 0 spiro atoms. The Balaban J connectivity index is 2.40. The minimum Gasteiger partial charge on any atom is -0.462 e. The van der Waals surface area contributed by atoms with Gasteiger partial charge in [-0.05, 0) is 12.8 Å². The first kappa shape index (κ1) is 56.9. The fourth-order valence-electron chi connectivity index (χ4n) is 7.76. The lowest BCUT2D eigenvalue weighted by molar-refractivity contribution is -0.220. The van der Waals surface area contributed by atoms with Gasteiger partial charge in [0, 0.05) is 12.8 Å². The zero-order chi connectivity index (χ0) is 44.3. The van der Waals surface area contributed by atoms with Crippen molar-refractivity contribution in [3.8, 4) is 0 Å². The minimum absolute atomic E-state index is 0.105. The number of phosphoric ester groups is 1. The Kier molecular flexibility index (Phi) is 35.3. The normalized spacial score (nSPS) is 22.1. The van der Waals surface area contributed by atoms with Gasteiger partial charge in [0.2, 0.25) is 0 Å². The van der Waals surface area contributed by atoms with E-state index in [1.165, 1.54) is 148 Å². The summed E-state index contributed by atoms with van der Waals surface area (Å²) in [5, 5.41) is 50.1. The molecule has 1 fully saturated rings. The fraction of sp³-hybridized carbons (Fsp3) is 0.957. The number of aliphatic hydroxyl groups excluding tert-OH is 5. The molecule has 13 nitrogen and oxygen atoms in total. The molecule has 0 aromatic carbocycles. The molecule has 0 radical (unpaired) electrons. The first-order valence-electron chi connectivity index (χ1n) is 24.3. The summed E-state index contributed by atoms with van der Waals surface area (Å²) in [5.74, 6) is -1.08. The van der Waals surface area contributed by atoms with Gasteiger partial charge in [0.25, 0.3) is 0 Å². The molecular formula is C46H89O13P. The van der Waals surface area contributed by atoms with Gasteiger partial charge in [-0.25, -0.2) is 4.57 Å². The number of phosphoric acid groups is 1. The largest absolute Gasteiger partial charge is 0.472 e. The van der Waals surface area contributed by atoms with Crippen molar-refractivity contribution in [2.75, 3.05) is 13.2 Å². The summed E-state index contributed by atoms with van der Waals surface area (Å²) in [4.78, 5) is 35.7. The van der Waals surface area contributed by atoms with E-state index in [9.17, 15) is 44.6 Å². The van der Waals surface area contributed by atoms with Gasteiger partial charge in [0.1, 0.15) is 43.2 Å². The van der Waals surface area contributed by atoms with Crippen LogP contribution in [0.15, 0.2) is 0 Å². The van der Waals surface area contributed by atoms with Crippen LogP contribution in [0.3, 0.4) is 0 Å². The van der Waals surface area contributed by atoms with Crippen LogP contribution in [0.1, 0.15) is 226 Å². The molecule has 60 heavy (non-hydrogen) atoms. The molecule has 0 heterocycles. The Morgan fingerprint density at radius 2 is 0.750 bits per heavy atom. The van der Waals surface area contributed by atoms with E-state index in [0.717, 1.165) is 38.5 Å². The Hall–Kier alpha value is -1.15. The number of aliphatic hydroxyl groups is 5. The van der Waals surface area contributed by atoms with Crippen LogP contribution in [0, 0.1) is 0 Å². The van der Waals surface area contributed by atoms with Crippen LogP contribution in [-0.4, -0.2) is 98.3 Å². The van der Waals surface area contributed by atoms with Gasteiger partial charge < -0.3 is 39.9 Å². The molecule has 1 rings (SSSR count). The predicted molar refractivity (Wildman–Crippen MR) is 235 cm³/mol. The maximum Gasteiger partial charge on any atom is 0.472 e. The van der Waals surface area contributed by atoms with Crippen molar-refractivity contribution in [2.24, 2.45) is 0 Å². The fourth-order valence-corrected chi connectivity index (χ4v) is 8.73. The van der Waals surface area contributed by atoms with E-state index in [0.29, 0.717) is 12.8 Å². The van der Waals surface area contributed by atoms with Crippen LogP contribution in [0.4, 0.5) is 0 Å². The first-order chi connectivity index (χ1) is 28.9. The van der Waals surface area contributed by atoms with Gasteiger partial charge in [0.15, 0.2) is 6.10 Å². The smallest absolute Gasteiger partial charge is 0.462 e. The van der Waals surface area contributed by atoms with Crippen molar-refractivity contribution in [3.05, 3.63) is 0 Å². The molecule has 0 amide bonds. The Labute approximate surface area is 363 Å². The van der Waals surface area contributed by atoms with Gasteiger partial charge >= 0.3 is 19.8 Å². The average Bonchev–Trinajstić information content (AvgIpc) is 3.23. The summed E-state index contributed by atoms with van der Waals surface area (Å²) in [6.45, 7) is 3.32. The molecule has 0 saturated heterocycles. The maximum absolute atomic E-state index is 12.8. The number of hydrogen-bond acceptors (Lipinski definition) is 12. The van der Waals surface area contributed by atoms with Crippen LogP contribution < -0.4 is 0 Å². The summed E-state index contributed by atoms with van der Waals surface area (Å²) < 4.78 is 33.6. The number of carbonyl (C=O) groups is 2. The maximum atomic E-state index is 12.8. The molecule has 6 unspecified atom stereocenters. The minimum atomic E-state index is -5.11. The molecule has 1 saturated carbocycles. The number of rotatable bonds is 41. The average molecular weight is 881 g/mol. The van der Waals surface area contributed by atoms with Gasteiger partial charge in [-0.15, -0.1) is 0 Å². The second-order valence-corrected chi connectivity index (χ2v) is 18.7. The van der Waals surface area contributed by atoms with E-state index in [1.54, 1.807) is 0 Å². The highest BCUT2D eigenvalue weighted by Crippen LogP contribution is 2.47. The second-order valence-electron chi connectivity index (χ2n) is 17.3. The SMILES string of the molecule is CCCCCCCCCCCCCCCCCCCCCC(=O)OC(COC(=O)CCCCCCCCCCCCCC)COP(=O)(O)OC1C(O)C(O)C(O)C(O)C1O. The van der Waals surface area contributed by atoms with Crippen molar-refractivity contribution < 1.29 is 63.1 Å². The highest BCUT2D eigenvalue weighted by molar-refractivity contribution is 7.47. The van der Waals surface area contributed by atoms with Crippen molar-refractivity contribution in [3.63, 3.8) is 0 Å². The number of hydrogen-bond donors (Lipinski definition) is 6. The molecular weight excluding hydrogens is 791 g/mol. The summed E-state index contributed by atoms with van der Waals surface area (Å²) in [6, 6.07) is 0. The van der Waals surface area contributed by atoms with Crippen molar-refractivity contribution in [1.82, 2.24) is 0 Å². The van der Waals surface area contributed by atoms with Crippen molar-refractivity contribution in [2.45, 2.75) is 268 Å². The predicted octanol–water partition coefficient (Wildman–Crippen LogP) is 9.67. The van der Waals surface area contributed by atoms with E-state index in [2.05, 4.69) is 13.8 Å². The van der Waals surface area contributed by atoms with Crippen LogP contribution in [0.25, 0.3) is 0 Å². The monoisotopic (exact) mass is 881 g/mol. The van der Waals surface area contributed by atoms with E-state index >= 15 is 0 Å². The molecule has 0 aromatic rings. The number of ether oxygens (including phenoxy) is 2. The van der Waals surface area contributed by atoms with E-state index < -0.39 is 75.7 Å². The van der Waals surface area contributed by atoms with Gasteiger partial charge in [0.05, 0.1) is 6.61 Å². The standard InChI is InChI=1S/C46H89O13P/c1-3-5-7-9-11-13-15-17-18-19-20-21-22-23-25-27-29-31-33-35-40(48)58-38(36-56-39(47)34-32-30-28-26-24-16-14-12-10-8-6-4-2)37-57-60(54,55)59-46-44(52)42(50)41(49)43(51)45(46)53/h38,41-46,49-53H,3-37H2,1-2H3,(H,54,55). The number of unbranched alkanes of at least 4 members (excludes halogenated alkanes) is 29. The van der Waals surface area contributed by atoms with Crippen molar-refractivity contribution >= 4 is 19.8 Å². The Morgan fingerprint density at radius 1 is 0.450 bits per heavy atom. The van der Waals surface area contributed by atoms with Crippen LogP contribution in [-0.2, 0) is 32.7 Å². The molecule has 1 aliphatic rings.